The summed E-state index contributed by atoms with van der Waals surface area (Å²) in [6.45, 7) is 6.17. The summed E-state index contributed by atoms with van der Waals surface area (Å²) in [6, 6.07) is 8.50. The predicted octanol–water partition coefficient (Wildman–Crippen LogP) is 4.19. The van der Waals surface area contributed by atoms with Crippen LogP contribution in [0.3, 0.4) is 0 Å². The standard InChI is InChI=1S/C14H14FN/c1-9(2)10(3)13-6-4-11-8-12(15)5-7-14(11)16-13/h4-8H,1-3H3. The monoisotopic (exact) mass is 215 g/mol. The van der Waals surface area contributed by atoms with Crippen LogP contribution < -0.4 is 0 Å². The van der Waals surface area contributed by atoms with Crippen molar-refractivity contribution in [1.29, 1.82) is 0 Å². The van der Waals surface area contributed by atoms with Gasteiger partial charge in [-0.3, -0.25) is 0 Å². The summed E-state index contributed by atoms with van der Waals surface area (Å²) in [5.41, 5.74) is 4.21. The van der Waals surface area contributed by atoms with Gasteiger partial charge in [-0.2, -0.15) is 0 Å². The summed E-state index contributed by atoms with van der Waals surface area (Å²) >= 11 is 0. The van der Waals surface area contributed by atoms with E-state index < -0.39 is 0 Å². The average molecular weight is 215 g/mol. The number of fused-ring (bicyclic) bond motifs is 1. The van der Waals surface area contributed by atoms with Crippen molar-refractivity contribution in [2.45, 2.75) is 20.8 Å². The van der Waals surface area contributed by atoms with E-state index in [1.165, 1.54) is 23.3 Å². The molecule has 0 radical (unpaired) electrons. The number of hydrogen-bond donors (Lipinski definition) is 0. The number of allylic oxidation sites excluding steroid dienone is 2. The highest BCUT2D eigenvalue weighted by Gasteiger charge is 2.02. The van der Waals surface area contributed by atoms with Crippen LogP contribution in [0.15, 0.2) is 35.9 Å². The molecular formula is C14H14FN. The topological polar surface area (TPSA) is 12.9 Å². The third kappa shape index (κ3) is 1.96. The normalized spacial score (nSPS) is 10.5. The Hall–Kier alpha value is -1.70. The Morgan fingerprint density at radius 3 is 2.50 bits per heavy atom. The van der Waals surface area contributed by atoms with Gasteiger partial charge in [-0.05, 0) is 50.6 Å². The van der Waals surface area contributed by atoms with E-state index in [4.69, 9.17) is 0 Å². The summed E-state index contributed by atoms with van der Waals surface area (Å²) in [5.74, 6) is -0.221. The Morgan fingerprint density at radius 1 is 1.06 bits per heavy atom. The van der Waals surface area contributed by atoms with Crippen molar-refractivity contribution in [3.8, 4) is 0 Å². The zero-order chi connectivity index (χ0) is 11.7. The van der Waals surface area contributed by atoms with E-state index in [0.29, 0.717) is 0 Å². The molecule has 0 saturated carbocycles. The van der Waals surface area contributed by atoms with E-state index in [2.05, 4.69) is 18.8 Å². The van der Waals surface area contributed by atoms with Crippen LogP contribution in [0.5, 0.6) is 0 Å². The maximum Gasteiger partial charge on any atom is 0.123 e. The van der Waals surface area contributed by atoms with Crippen molar-refractivity contribution in [2.75, 3.05) is 0 Å². The van der Waals surface area contributed by atoms with Gasteiger partial charge in [-0.25, -0.2) is 9.37 Å². The second-order valence-electron chi connectivity index (χ2n) is 4.16. The molecule has 0 aliphatic rings. The lowest BCUT2D eigenvalue weighted by Gasteiger charge is -2.05. The summed E-state index contributed by atoms with van der Waals surface area (Å²) in [6.07, 6.45) is 0. The van der Waals surface area contributed by atoms with Crippen LogP contribution in [0.25, 0.3) is 16.5 Å². The highest BCUT2D eigenvalue weighted by atomic mass is 19.1. The zero-order valence-electron chi connectivity index (χ0n) is 9.71. The van der Waals surface area contributed by atoms with Gasteiger partial charge in [0.05, 0.1) is 11.2 Å². The molecule has 0 N–H and O–H groups in total. The fraction of sp³-hybridized carbons (Fsp3) is 0.214. The third-order valence-electron chi connectivity index (χ3n) is 2.79. The third-order valence-corrected chi connectivity index (χ3v) is 2.79. The largest absolute Gasteiger partial charge is 0.248 e. The van der Waals surface area contributed by atoms with Gasteiger partial charge in [0.25, 0.3) is 0 Å². The molecule has 0 aliphatic heterocycles. The molecule has 0 bridgehead atoms. The van der Waals surface area contributed by atoms with Gasteiger partial charge in [0.15, 0.2) is 0 Å². The van der Waals surface area contributed by atoms with Crippen LogP contribution in [-0.4, -0.2) is 4.98 Å². The molecule has 0 aliphatic carbocycles. The highest BCUT2D eigenvalue weighted by Crippen LogP contribution is 2.20. The van der Waals surface area contributed by atoms with Gasteiger partial charge < -0.3 is 0 Å². The molecule has 0 fully saturated rings. The second kappa shape index (κ2) is 4.05. The Labute approximate surface area is 94.6 Å². The van der Waals surface area contributed by atoms with Gasteiger partial charge in [0.2, 0.25) is 0 Å². The van der Waals surface area contributed by atoms with Crippen LogP contribution >= 0.6 is 0 Å². The van der Waals surface area contributed by atoms with Gasteiger partial charge in [0.1, 0.15) is 5.82 Å². The number of pyridine rings is 1. The maximum atomic E-state index is 13.0. The molecule has 82 valence electrons. The van der Waals surface area contributed by atoms with Crippen LogP contribution in [-0.2, 0) is 0 Å². The van der Waals surface area contributed by atoms with Crippen molar-refractivity contribution in [2.24, 2.45) is 0 Å². The molecule has 16 heavy (non-hydrogen) atoms. The van der Waals surface area contributed by atoms with E-state index in [1.54, 1.807) is 6.07 Å². The molecule has 2 aromatic rings. The number of halogens is 1. The molecule has 1 heterocycles. The van der Waals surface area contributed by atoms with Crippen molar-refractivity contribution < 1.29 is 4.39 Å². The van der Waals surface area contributed by atoms with E-state index >= 15 is 0 Å². The van der Waals surface area contributed by atoms with E-state index in [0.717, 1.165) is 16.6 Å². The molecule has 2 heteroatoms. The highest BCUT2D eigenvalue weighted by molar-refractivity contribution is 5.81. The quantitative estimate of drug-likeness (QED) is 0.695. The summed E-state index contributed by atoms with van der Waals surface area (Å²) < 4.78 is 13.0. The first kappa shape index (κ1) is 10.8. The minimum atomic E-state index is -0.221. The molecule has 2 rings (SSSR count). The molecule has 0 spiro atoms. The van der Waals surface area contributed by atoms with Crippen LogP contribution in [0, 0.1) is 5.82 Å². The second-order valence-corrected chi connectivity index (χ2v) is 4.16. The summed E-state index contributed by atoms with van der Waals surface area (Å²) in [5, 5.41) is 0.838. The zero-order valence-corrected chi connectivity index (χ0v) is 9.71. The molecule has 0 unspecified atom stereocenters. The van der Waals surface area contributed by atoms with E-state index in [-0.39, 0.29) is 5.82 Å². The molecule has 1 aromatic carbocycles. The Balaban J connectivity index is 2.61. The summed E-state index contributed by atoms with van der Waals surface area (Å²) in [7, 11) is 0. The fourth-order valence-corrected chi connectivity index (χ4v) is 1.56. The minimum absolute atomic E-state index is 0.221. The first-order valence-electron chi connectivity index (χ1n) is 5.28. The van der Waals surface area contributed by atoms with Crippen LogP contribution in [0.4, 0.5) is 4.39 Å². The van der Waals surface area contributed by atoms with Gasteiger partial charge in [-0.15, -0.1) is 0 Å². The van der Waals surface area contributed by atoms with Gasteiger partial charge in [-0.1, -0.05) is 11.6 Å². The van der Waals surface area contributed by atoms with Crippen molar-refractivity contribution in [3.63, 3.8) is 0 Å². The Morgan fingerprint density at radius 2 is 1.81 bits per heavy atom. The SMILES string of the molecule is CC(C)=C(C)c1ccc2cc(F)ccc2n1. The minimum Gasteiger partial charge on any atom is -0.248 e. The Kier molecular flexibility index (Phi) is 2.73. The molecule has 0 atom stereocenters. The van der Waals surface area contributed by atoms with Crippen molar-refractivity contribution >= 4 is 16.5 Å². The van der Waals surface area contributed by atoms with Gasteiger partial charge >= 0.3 is 0 Å². The molecule has 0 amide bonds. The lowest BCUT2D eigenvalue weighted by Crippen LogP contribution is -1.89. The van der Waals surface area contributed by atoms with Crippen LogP contribution in [0.1, 0.15) is 26.5 Å². The Bertz CT molecular complexity index is 566. The molecular weight excluding hydrogens is 201 g/mol. The van der Waals surface area contributed by atoms with Gasteiger partial charge in [0, 0.05) is 5.39 Å². The number of hydrogen-bond acceptors (Lipinski definition) is 1. The lowest BCUT2D eigenvalue weighted by atomic mass is 10.1. The first-order valence-corrected chi connectivity index (χ1v) is 5.28. The average Bonchev–Trinajstić information content (AvgIpc) is 2.27. The first-order chi connectivity index (χ1) is 7.58. The lowest BCUT2D eigenvalue weighted by molar-refractivity contribution is 0.629. The number of aromatic nitrogens is 1. The van der Waals surface area contributed by atoms with Crippen molar-refractivity contribution in [3.05, 3.63) is 47.4 Å². The number of benzene rings is 1. The van der Waals surface area contributed by atoms with Crippen LogP contribution in [0.2, 0.25) is 0 Å². The van der Waals surface area contributed by atoms with Crippen molar-refractivity contribution in [1.82, 2.24) is 4.98 Å². The molecule has 1 nitrogen and oxygen atoms in total. The number of nitrogens with zero attached hydrogens (tertiary/aromatic N) is 1. The number of rotatable bonds is 1. The molecule has 0 saturated heterocycles. The van der Waals surface area contributed by atoms with E-state index in [1.807, 2.05) is 19.1 Å². The maximum absolute atomic E-state index is 13.0. The predicted molar refractivity (Wildman–Crippen MR) is 65.6 cm³/mol. The van der Waals surface area contributed by atoms with E-state index in [9.17, 15) is 4.39 Å². The summed E-state index contributed by atoms with van der Waals surface area (Å²) in [4.78, 5) is 4.51. The smallest absolute Gasteiger partial charge is 0.123 e. The fourth-order valence-electron chi connectivity index (χ4n) is 1.56. The molecule has 1 aromatic heterocycles.